The number of nitrogens with zero attached hydrogens (tertiary/aromatic N) is 1. The van der Waals surface area contributed by atoms with Crippen LogP contribution in [0.25, 0.3) is 0 Å². The van der Waals surface area contributed by atoms with Gasteiger partial charge in [-0.05, 0) is 125 Å². The van der Waals surface area contributed by atoms with Crippen LogP contribution in [0.5, 0.6) is 17.2 Å². The lowest BCUT2D eigenvalue weighted by atomic mass is 9.51. The van der Waals surface area contributed by atoms with Crippen LogP contribution in [0.3, 0.4) is 0 Å². The normalized spacial score (nSPS) is 28.1. The summed E-state index contributed by atoms with van der Waals surface area (Å²) in [6.45, 7) is 14.6. The number of Topliss-reactive ketones (excluding diaryl/α,β-unsaturated/α-hetero) is 1. The molecule has 2 aromatic carbocycles. The molecule has 6 heteroatoms. The molecule has 2 aromatic rings. The minimum Gasteiger partial charge on any atom is -0.493 e. The van der Waals surface area contributed by atoms with Crippen molar-refractivity contribution in [1.82, 2.24) is 4.90 Å². The Hall–Kier alpha value is -3.02. The Bertz CT molecular complexity index is 1300. The molecule has 6 nitrogen and oxygen atoms in total. The molecule has 42 heavy (non-hydrogen) atoms. The number of carbonyl (C=O) groups excluding carboxylic acids is 2. The van der Waals surface area contributed by atoms with Crippen molar-refractivity contribution in [3.63, 3.8) is 0 Å². The number of carbonyl (C=O) groups is 2. The summed E-state index contributed by atoms with van der Waals surface area (Å²) in [5.41, 5.74) is 2.95. The zero-order chi connectivity index (χ0) is 30.2. The van der Waals surface area contributed by atoms with Crippen LogP contribution in [-0.2, 0) is 0 Å². The van der Waals surface area contributed by atoms with Gasteiger partial charge >= 0.3 is 0 Å². The van der Waals surface area contributed by atoms with Crippen molar-refractivity contribution in [2.45, 2.75) is 85.7 Å². The molecular weight excluding hydrogens is 526 g/mol. The summed E-state index contributed by atoms with van der Waals surface area (Å²) in [6.07, 6.45) is 5.72. The molecule has 3 aliphatic rings. The summed E-state index contributed by atoms with van der Waals surface area (Å²) in [7, 11) is 1.62. The maximum atomic E-state index is 13.7. The molecule has 0 aromatic heterocycles. The Kier molecular flexibility index (Phi) is 8.91. The molecule has 0 saturated heterocycles. The molecule has 0 aliphatic heterocycles. The molecule has 2 saturated carbocycles. The van der Waals surface area contributed by atoms with Gasteiger partial charge < -0.3 is 19.1 Å². The largest absolute Gasteiger partial charge is 0.493 e. The van der Waals surface area contributed by atoms with E-state index in [-0.39, 0.29) is 29.1 Å². The maximum absolute atomic E-state index is 13.7. The van der Waals surface area contributed by atoms with E-state index >= 15 is 0 Å². The Labute approximate surface area is 252 Å². The molecule has 0 heterocycles. The van der Waals surface area contributed by atoms with Crippen molar-refractivity contribution in [2.24, 2.45) is 29.1 Å². The number of benzene rings is 2. The first-order valence-corrected chi connectivity index (χ1v) is 16.1. The number of ketones is 1. The van der Waals surface area contributed by atoms with E-state index in [0.717, 1.165) is 24.2 Å². The van der Waals surface area contributed by atoms with Gasteiger partial charge in [0.05, 0.1) is 19.8 Å². The smallest absolute Gasteiger partial charge is 0.253 e. The van der Waals surface area contributed by atoms with Gasteiger partial charge in [0.1, 0.15) is 5.75 Å². The van der Waals surface area contributed by atoms with Crippen LogP contribution in [0.15, 0.2) is 36.4 Å². The third-order valence-electron chi connectivity index (χ3n) is 10.8. The van der Waals surface area contributed by atoms with Crippen LogP contribution in [-0.4, -0.2) is 49.5 Å². The van der Waals surface area contributed by atoms with Crippen molar-refractivity contribution in [2.75, 3.05) is 26.8 Å². The quantitative estimate of drug-likeness (QED) is 0.289. The minimum absolute atomic E-state index is 0.00718. The molecule has 3 aliphatic carbocycles. The average molecular weight is 576 g/mol. The highest BCUT2D eigenvalue weighted by Crippen LogP contribution is 2.64. The summed E-state index contributed by atoms with van der Waals surface area (Å²) in [5, 5.41) is 0. The lowest BCUT2D eigenvalue weighted by molar-refractivity contribution is 0.00393. The molecular formula is C36H49NO5. The minimum atomic E-state index is 0.00718. The van der Waals surface area contributed by atoms with E-state index in [4.69, 9.17) is 14.2 Å². The lowest BCUT2D eigenvalue weighted by Gasteiger charge is -2.52. The molecule has 2 fully saturated rings. The Morgan fingerprint density at radius 3 is 2.50 bits per heavy atom. The predicted molar refractivity (Wildman–Crippen MR) is 166 cm³/mol. The monoisotopic (exact) mass is 575 g/mol. The van der Waals surface area contributed by atoms with Crippen LogP contribution in [0.1, 0.15) is 106 Å². The van der Waals surface area contributed by atoms with Gasteiger partial charge in [0.15, 0.2) is 17.3 Å². The summed E-state index contributed by atoms with van der Waals surface area (Å²) >= 11 is 0. The summed E-state index contributed by atoms with van der Waals surface area (Å²) in [6, 6.07) is 11.7. The SMILES string of the molecule is CCN(CC)C(=O)c1ccc(OCC[C@H]2CCC3C4C(CCC32C)c2ccc(OC(C)C)cc2C(=O)[C@H]4C)c(OC)c1. The van der Waals surface area contributed by atoms with Crippen molar-refractivity contribution in [3.8, 4) is 17.2 Å². The van der Waals surface area contributed by atoms with E-state index in [1.54, 1.807) is 18.1 Å². The molecule has 4 unspecified atom stereocenters. The van der Waals surface area contributed by atoms with Crippen molar-refractivity contribution >= 4 is 11.7 Å². The Balaban J connectivity index is 1.27. The molecule has 1 amide bonds. The van der Waals surface area contributed by atoms with Crippen molar-refractivity contribution in [3.05, 3.63) is 53.1 Å². The number of ether oxygens (including phenoxy) is 3. The molecule has 0 radical (unpaired) electrons. The molecule has 6 atom stereocenters. The van der Waals surface area contributed by atoms with E-state index in [0.29, 0.717) is 60.4 Å². The Morgan fingerprint density at radius 2 is 1.81 bits per heavy atom. The zero-order valence-electron chi connectivity index (χ0n) is 26.6. The second-order valence-corrected chi connectivity index (χ2v) is 13.2. The number of hydrogen-bond acceptors (Lipinski definition) is 5. The van der Waals surface area contributed by atoms with Crippen LogP contribution in [0, 0.1) is 29.1 Å². The highest BCUT2D eigenvalue weighted by molar-refractivity contribution is 6.01. The van der Waals surface area contributed by atoms with Gasteiger partial charge in [0, 0.05) is 30.1 Å². The molecule has 0 spiro atoms. The number of amides is 1. The number of methoxy groups -OCH3 is 1. The van der Waals surface area contributed by atoms with E-state index < -0.39 is 0 Å². The van der Waals surface area contributed by atoms with Crippen LogP contribution < -0.4 is 14.2 Å². The van der Waals surface area contributed by atoms with Crippen molar-refractivity contribution < 1.29 is 23.8 Å². The maximum Gasteiger partial charge on any atom is 0.253 e. The second kappa shape index (κ2) is 12.3. The standard InChI is InChI=1S/C36H49NO5/c1-8-37(9-2)35(39)24-10-15-31(32(20-24)40-7)41-19-17-25-11-14-30-33-23(5)34(38)29-21-26(42-22(3)4)12-13-27(29)28(33)16-18-36(25,30)6/h10,12-13,15,20-23,25,28,30,33H,8-9,11,14,16-19H2,1-7H3/t23-,25+,28?,30?,33?,36?/m0/s1. The van der Waals surface area contributed by atoms with Gasteiger partial charge in [-0.3, -0.25) is 9.59 Å². The van der Waals surface area contributed by atoms with Gasteiger partial charge in [0.25, 0.3) is 5.91 Å². The van der Waals surface area contributed by atoms with Gasteiger partial charge in [0.2, 0.25) is 0 Å². The van der Waals surface area contributed by atoms with E-state index in [1.165, 1.54) is 24.8 Å². The average Bonchev–Trinajstić information content (AvgIpc) is 3.31. The fourth-order valence-electron chi connectivity index (χ4n) is 8.60. The number of hydrogen-bond donors (Lipinski definition) is 0. The van der Waals surface area contributed by atoms with E-state index in [1.807, 2.05) is 45.9 Å². The number of fused-ring (bicyclic) bond motifs is 5. The van der Waals surface area contributed by atoms with Crippen LogP contribution in [0.4, 0.5) is 0 Å². The zero-order valence-corrected chi connectivity index (χ0v) is 26.6. The highest BCUT2D eigenvalue weighted by Gasteiger charge is 2.57. The molecule has 5 rings (SSSR count). The predicted octanol–water partition coefficient (Wildman–Crippen LogP) is 7.79. The lowest BCUT2D eigenvalue weighted by Crippen LogP contribution is -2.47. The molecule has 0 N–H and O–H groups in total. The van der Waals surface area contributed by atoms with Gasteiger partial charge in [-0.1, -0.05) is 19.9 Å². The third-order valence-corrected chi connectivity index (χ3v) is 10.8. The van der Waals surface area contributed by atoms with Gasteiger partial charge in [-0.25, -0.2) is 0 Å². The van der Waals surface area contributed by atoms with E-state index in [2.05, 4.69) is 26.0 Å². The topological polar surface area (TPSA) is 65.1 Å². The summed E-state index contributed by atoms with van der Waals surface area (Å²) in [5.74, 6) is 4.32. The summed E-state index contributed by atoms with van der Waals surface area (Å²) in [4.78, 5) is 28.3. The first kappa shape index (κ1) is 30.4. The van der Waals surface area contributed by atoms with Gasteiger partial charge in [-0.15, -0.1) is 0 Å². The summed E-state index contributed by atoms with van der Waals surface area (Å²) < 4.78 is 17.8. The fraction of sp³-hybridized carbons (Fsp3) is 0.611. The van der Waals surface area contributed by atoms with Crippen LogP contribution >= 0.6 is 0 Å². The fourth-order valence-corrected chi connectivity index (χ4v) is 8.60. The molecule has 228 valence electrons. The van der Waals surface area contributed by atoms with Crippen LogP contribution in [0.2, 0.25) is 0 Å². The van der Waals surface area contributed by atoms with Crippen molar-refractivity contribution in [1.29, 1.82) is 0 Å². The highest BCUT2D eigenvalue weighted by atomic mass is 16.5. The van der Waals surface area contributed by atoms with E-state index in [9.17, 15) is 9.59 Å². The van der Waals surface area contributed by atoms with Gasteiger partial charge in [-0.2, -0.15) is 0 Å². The second-order valence-electron chi connectivity index (χ2n) is 13.2. The third kappa shape index (κ3) is 5.42. The Morgan fingerprint density at radius 1 is 1.05 bits per heavy atom. The first-order valence-electron chi connectivity index (χ1n) is 16.1. The molecule has 0 bridgehead atoms. The number of rotatable bonds is 10. The first-order chi connectivity index (χ1) is 20.1.